The standard InChI is InChI=1S/C31H38FN3O4S/c1-3-4-21-33-31(37)29(23-25-14-7-5-8-15-25)35(24-26-16-11-12-19-28(26)32)30(36)20-13-22-34(2)40(38,39)27-17-9-6-10-18-27/h5-12,14-19,29H,3-4,13,20-24H2,1-2H3,(H,33,37)/t29-/m0/s1. The van der Waals surface area contributed by atoms with Crippen LogP contribution in [-0.2, 0) is 32.6 Å². The fraction of sp³-hybridized carbons (Fsp3) is 0.355. The monoisotopic (exact) mass is 567 g/mol. The minimum absolute atomic E-state index is 0.00334. The van der Waals surface area contributed by atoms with E-state index in [1.165, 1.54) is 34.5 Å². The van der Waals surface area contributed by atoms with Gasteiger partial charge in [0, 0.05) is 45.1 Å². The maximum Gasteiger partial charge on any atom is 0.243 e. The van der Waals surface area contributed by atoms with Crippen molar-refractivity contribution >= 4 is 21.8 Å². The highest BCUT2D eigenvalue weighted by Crippen LogP contribution is 2.19. The summed E-state index contributed by atoms with van der Waals surface area (Å²) in [5.41, 5.74) is 1.18. The Kier molecular flexibility index (Phi) is 11.8. The Morgan fingerprint density at radius 2 is 1.52 bits per heavy atom. The molecule has 0 radical (unpaired) electrons. The first-order valence-corrected chi connectivity index (χ1v) is 15.0. The molecule has 1 N–H and O–H groups in total. The van der Waals surface area contributed by atoms with Gasteiger partial charge in [0.1, 0.15) is 11.9 Å². The van der Waals surface area contributed by atoms with Gasteiger partial charge >= 0.3 is 0 Å². The van der Waals surface area contributed by atoms with Gasteiger partial charge in [0.05, 0.1) is 4.90 Å². The van der Waals surface area contributed by atoms with E-state index in [1.54, 1.807) is 36.4 Å². The van der Waals surface area contributed by atoms with E-state index in [0.29, 0.717) is 12.1 Å². The zero-order valence-corrected chi connectivity index (χ0v) is 23.9. The molecule has 0 saturated carbocycles. The summed E-state index contributed by atoms with van der Waals surface area (Å²) in [6, 6.07) is 22.8. The van der Waals surface area contributed by atoms with E-state index in [9.17, 15) is 22.4 Å². The average molecular weight is 568 g/mol. The molecule has 40 heavy (non-hydrogen) atoms. The average Bonchev–Trinajstić information content (AvgIpc) is 2.96. The predicted molar refractivity (Wildman–Crippen MR) is 154 cm³/mol. The van der Waals surface area contributed by atoms with Gasteiger partial charge in [0.2, 0.25) is 21.8 Å². The summed E-state index contributed by atoms with van der Waals surface area (Å²) < 4.78 is 41.7. The molecule has 0 heterocycles. The molecule has 3 aromatic carbocycles. The largest absolute Gasteiger partial charge is 0.354 e. The van der Waals surface area contributed by atoms with Crippen LogP contribution in [0.2, 0.25) is 0 Å². The molecule has 0 spiro atoms. The first-order valence-electron chi connectivity index (χ1n) is 13.6. The number of nitrogens with zero attached hydrogens (tertiary/aromatic N) is 2. The Balaban J connectivity index is 1.82. The minimum atomic E-state index is -3.70. The van der Waals surface area contributed by atoms with Crippen molar-refractivity contribution in [1.82, 2.24) is 14.5 Å². The van der Waals surface area contributed by atoms with Crippen LogP contribution in [0.5, 0.6) is 0 Å². The number of halogens is 1. The van der Waals surface area contributed by atoms with E-state index in [-0.39, 0.29) is 49.1 Å². The van der Waals surface area contributed by atoms with Crippen LogP contribution in [-0.4, -0.2) is 55.6 Å². The summed E-state index contributed by atoms with van der Waals surface area (Å²) in [7, 11) is -2.22. The molecule has 0 fully saturated rings. The molecule has 0 aliphatic heterocycles. The third-order valence-electron chi connectivity index (χ3n) is 6.71. The molecule has 0 unspecified atom stereocenters. The zero-order chi connectivity index (χ0) is 29.0. The number of amides is 2. The first-order chi connectivity index (χ1) is 19.2. The van der Waals surface area contributed by atoms with Crippen molar-refractivity contribution in [3.05, 3.63) is 102 Å². The third-order valence-corrected chi connectivity index (χ3v) is 8.59. The quantitative estimate of drug-likeness (QED) is 0.268. The van der Waals surface area contributed by atoms with Crippen molar-refractivity contribution in [2.24, 2.45) is 0 Å². The first kappa shape index (κ1) is 31.0. The molecular formula is C31H38FN3O4S. The van der Waals surface area contributed by atoms with Crippen LogP contribution in [0, 0.1) is 5.82 Å². The van der Waals surface area contributed by atoms with Crippen molar-refractivity contribution in [3.63, 3.8) is 0 Å². The maximum atomic E-state index is 14.7. The van der Waals surface area contributed by atoms with Crippen LogP contribution >= 0.6 is 0 Å². The van der Waals surface area contributed by atoms with Gasteiger partial charge < -0.3 is 10.2 Å². The van der Waals surface area contributed by atoms with E-state index in [1.807, 2.05) is 37.3 Å². The van der Waals surface area contributed by atoms with Crippen molar-refractivity contribution in [3.8, 4) is 0 Å². The number of sulfonamides is 1. The number of carbonyl (C=O) groups excluding carboxylic acids is 2. The highest BCUT2D eigenvalue weighted by Gasteiger charge is 2.31. The summed E-state index contributed by atoms with van der Waals surface area (Å²) in [6.07, 6.45) is 2.21. The fourth-order valence-corrected chi connectivity index (χ4v) is 5.59. The van der Waals surface area contributed by atoms with E-state index < -0.39 is 21.9 Å². The minimum Gasteiger partial charge on any atom is -0.354 e. The lowest BCUT2D eigenvalue weighted by atomic mass is 10.0. The Bertz CT molecular complexity index is 1340. The van der Waals surface area contributed by atoms with Crippen molar-refractivity contribution < 1.29 is 22.4 Å². The van der Waals surface area contributed by atoms with Crippen molar-refractivity contribution in [2.75, 3.05) is 20.1 Å². The topological polar surface area (TPSA) is 86.8 Å². The van der Waals surface area contributed by atoms with Crippen molar-refractivity contribution in [2.45, 2.75) is 56.5 Å². The Morgan fingerprint density at radius 1 is 0.900 bits per heavy atom. The van der Waals surface area contributed by atoms with Crippen LogP contribution in [0.15, 0.2) is 89.8 Å². The number of hydrogen-bond donors (Lipinski definition) is 1. The van der Waals surface area contributed by atoms with Crippen LogP contribution < -0.4 is 5.32 Å². The molecule has 3 rings (SSSR count). The van der Waals surface area contributed by atoms with Crippen molar-refractivity contribution in [1.29, 1.82) is 0 Å². The lowest BCUT2D eigenvalue weighted by molar-refractivity contribution is -0.141. The predicted octanol–water partition coefficient (Wildman–Crippen LogP) is 4.78. The third kappa shape index (κ3) is 8.72. The summed E-state index contributed by atoms with van der Waals surface area (Å²) in [6.45, 7) is 2.53. The number of hydrogen-bond acceptors (Lipinski definition) is 4. The van der Waals surface area contributed by atoms with Gasteiger partial charge in [-0.2, -0.15) is 0 Å². The van der Waals surface area contributed by atoms with E-state index in [2.05, 4.69) is 5.32 Å². The molecule has 0 aliphatic rings. The van der Waals surface area contributed by atoms with E-state index >= 15 is 0 Å². The summed E-state index contributed by atoms with van der Waals surface area (Å²) in [4.78, 5) is 28.7. The lowest BCUT2D eigenvalue weighted by Crippen LogP contribution is -2.50. The molecule has 0 saturated heterocycles. The van der Waals surface area contributed by atoms with E-state index in [4.69, 9.17) is 0 Å². The molecule has 2 amide bonds. The molecule has 1 atom stereocenters. The number of carbonyl (C=O) groups is 2. The summed E-state index contributed by atoms with van der Waals surface area (Å²) in [5.74, 6) is -1.11. The lowest BCUT2D eigenvalue weighted by Gasteiger charge is -2.32. The second kappa shape index (κ2) is 15.3. The van der Waals surface area contributed by atoms with Gasteiger partial charge in [-0.1, -0.05) is 80.1 Å². The number of benzene rings is 3. The Labute approximate surface area is 237 Å². The number of unbranched alkanes of at least 4 members (excludes halogenated alkanes) is 1. The smallest absolute Gasteiger partial charge is 0.243 e. The second-order valence-electron chi connectivity index (χ2n) is 9.71. The van der Waals surface area contributed by atoms with Crippen LogP contribution in [0.3, 0.4) is 0 Å². The molecular weight excluding hydrogens is 529 g/mol. The van der Waals surface area contributed by atoms with Gasteiger partial charge in [-0.25, -0.2) is 17.1 Å². The summed E-state index contributed by atoms with van der Waals surface area (Å²) in [5, 5.41) is 2.94. The molecule has 3 aromatic rings. The van der Waals surface area contributed by atoms with Gasteiger partial charge in [0.15, 0.2) is 0 Å². The number of rotatable bonds is 15. The van der Waals surface area contributed by atoms with Gasteiger partial charge in [-0.05, 0) is 36.6 Å². The SMILES string of the molecule is CCCCNC(=O)[C@H](Cc1ccccc1)N(Cc1ccccc1F)C(=O)CCCN(C)S(=O)(=O)c1ccccc1. The summed E-state index contributed by atoms with van der Waals surface area (Å²) >= 11 is 0. The maximum absolute atomic E-state index is 14.7. The van der Waals surface area contributed by atoms with Gasteiger partial charge in [0.25, 0.3) is 0 Å². The van der Waals surface area contributed by atoms with Crippen LogP contribution in [0.25, 0.3) is 0 Å². The van der Waals surface area contributed by atoms with Gasteiger partial charge in [-0.15, -0.1) is 0 Å². The van der Waals surface area contributed by atoms with Crippen LogP contribution in [0.1, 0.15) is 43.7 Å². The molecule has 214 valence electrons. The van der Waals surface area contributed by atoms with Gasteiger partial charge in [-0.3, -0.25) is 9.59 Å². The molecule has 0 aromatic heterocycles. The Morgan fingerprint density at radius 3 is 2.17 bits per heavy atom. The highest BCUT2D eigenvalue weighted by atomic mass is 32.2. The van der Waals surface area contributed by atoms with Crippen LogP contribution in [0.4, 0.5) is 4.39 Å². The normalized spacial score (nSPS) is 12.2. The molecule has 7 nitrogen and oxygen atoms in total. The second-order valence-corrected chi connectivity index (χ2v) is 11.8. The highest BCUT2D eigenvalue weighted by molar-refractivity contribution is 7.89. The molecule has 0 aliphatic carbocycles. The van der Waals surface area contributed by atoms with E-state index in [0.717, 1.165) is 18.4 Å². The Hall–Kier alpha value is -3.56. The molecule has 9 heteroatoms. The molecule has 0 bridgehead atoms. The number of nitrogens with one attached hydrogen (secondary N) is 1. The fourth-order valence-electron chi connectivity index (χ4n) is 4.36. The zero-order valence-electron chi connectivity index (χ0n) is 23.1.